The Hall–Kier alpha value is -6.89. The third-order valence-electron chi connectivity index (χ3n) is 15.6. The maximum Gasteiger partial charge on any atom is 0.338 e. The molecular formula is C73H94O12. The monoisotopic (exact) mass is 1160 g/mol. The van der Waals surface area contributed by atoms with E-state index in [4.69, 9.17) is 33.2 Å². The van der Waals surface area contributed by atoms with Crippen molar-refractivity contribution in [3.8, 4) is 0 Å². The van der Waals surface area contributed by atoms with Gasteiger partial charge >= 0.3 is 29.8 Å². The van der Waals surface area contributed by atoms with Gasteiger partial charge in [0, 0.05) is 0 Å². The van der Waals surface area contributed by atoms with Crippen molar-refractivity contribution in [2.24, 2.45) is 0 Å². The van der Waals surface area contributed by atoms with Crippen LogP contribution in [0.3, 0.4) is 0 Å². The number of esters is 5. The molecule has 0 aliphatic carbocycles. The zero-order valence-corrected chi connectivity index (χ0v) is 50.7. The maximum atomic E-state index is 14.4. The zero-order chi connectivity index (χ0) is 59.9. The van der Waals surface area contributed by atoms with Gasteiger partial charge in [-0.15, -0.1) is 0 Å². The fourth-order valence-electron chi connectivity index (χ4n) is 10.7. The average Bonchev–Trinajstić information content (AvgIpc) is 3.37. The topological polar surface area (TPSA) is 150 Å². The number of hydrogen-bond donors (Lipinski definition) is 0. The highest BCUT2D eigenvalue weighted by molar-refractivity contribution is 5.92. The molecule has 0 saturated carbocycles. The molecule has 0 unspecified atom stereocenters. The summed E-state index contributed by atoms with van der Waals surface area (Å²) in [4.78, 5) is 70.4. The van der Waals surface area contributed by atoms with Crippen molar-refractivity contribution in [1.29, 1.82) is 0 Å². The zero-order valence-electron chi connectivity index (χ0n) is 50.7. The Morgan fingerprint density at radius 3 is 1.15 bits per heavy atom. The smallest absolute Gasteiger partial charge is 0.338 e. The SMILES string of the molecule is CCCCCCCCCCCCCC/C(=C/[C@@H](CCCCCCCCCCCCCC)OC(=O)c1ccccc1)CO[C@@H]1O[C@H](COC(=O)c2ccccc2)[C@@H](OC(=O)c2ccccc2)[C@H](OC(=O)c2ccccc2)[C@H]1OC(=O)c1ccccc1. The first kappa shape index (κ1) is 67.2. The van der Waals surface area contributed by atoms with E-state index >= 15 is 0 Å². The van der Waals surface area contributed by atoms with Crippen LogP contribution < -0.4 is 0 Å². The van der Waals surface area contributed by atoms with Crippen molar-refractivity contribution in [2.75, 3.05) is 13.2 Å². The minimum atomic E-state index is -1.58. The lowest BCUT2D eigenvalue weighted by Crippen LogP contribution is -2.63. The summed E-state index contributed by atoms with van der Waals surface area (Å²) >= 11 is 0. The number of ether oxygens (including phenoxy) is 7. The number of rotatable bonds is 41. The molecule has 0 bridgehead atoms. The van der Waals surface area contributed by atoms with E-state index in [2.05, 4.69) is 13.8 Å². The van der Waals surface area contributed by atoms with E-state index < -0.39 is 73.3 Å². The molecule has 1 aliphatic heterocycles. The average molecular weight is 1160 g/mol. The summed E-state index contributed by atoms with van der Waals surface area (Å²) in [5.74, 6) is -3.49. The van der Waals surface area contributed by atoms with Crippen LogP contribution in [0.15, 0.2) is 163 Å². The highest BCUT2D eigenvalue weighted by Crippen LogP contribution is 2.33. The van der Waals surface area contributed by atoms with Crippen LogP contribution in [0.1, 0.15) is 233 Å². The van der Waals surface area contributed by atoms with Gasteiger partial charge in [0.1, 0.15) is 18.8 Å². The van der Waals surface area contributed by atoms with Crippen LogP contribution in [0.25, 0.3) is 0 Å². The summed E-state index contributed by atoms with van der Waals surface area (Å²) < 4.78 is 44.9. The number of unbranched alkanes of at least 4 members (excludes halogenated alkanes) is 22. The Bertz CT molecular complexity index is 2660. The fraction of sp³-hybridized carbons (Fsp3) is 0.493. The van der Waals surface area contributed by atoms with Gasteiger partial charge in [-0.3, -0.25) is 0 Å². The second kappa shape index (κ2) is 40.4. The number of benzene rings is 5. The van der Waals surface area contributed by atoms with Gasteiger partial charge in [-0.25, -0.2) is 24.0 Å². The van der Waals surface area contributed by atoms with E-state index in [0.29, 0.717) is 18.4 Å². The molecule has 0 N–H and O–H groups in total. The summed E-state index contributed by atoms with van der Waals surface area (Å²) in [6.45, 7) is 3.93. The molecule has 6 rings (SSSR count). The molecule has 1 saturated heterocycles. The Labute approximate surface area is 506 Å². The molecule has 12 nitrogen and oxygen atoms in total. The van der Waals surface area contributed by atoms with Crippen molar-refractivity contribution in [1.82, 2.24) is 0 Å². The molecule has 0 radical (unpaired) electrons. The first-order valence-electron chi connectivity index (χ1n) is 32.0. The minimum absolute atomic E-state index is 0.0791. The standard InChI is InChI=1S/C73H94O12/c1-3-5-7-9-11-13-15-17-19-21-23-30-42-57(54-63(81-69(75)59-45-33-26-34-46-59)53-41-24-22-20-18-16-14-12-10-8-6-4-2)55-80-73-67(85-72(78)62-51-39-29-40-52-62)66(84-71(77)61-49-37-28-38-50-61)65(83-70(76)60-47-35-27-36-48-60)64(82-73)56-79-68(74)58-43-31-25-32-44-58/h25-29,31-40,43-52,54,63-67,73H,3-24,30,41-42,53,55-56H2,1-2H3/b57-54-/t63-,64-,65-,66+,67-,73-/m1/s1. The highest BCUT2D eigenvalue weighted by atomic mass is 16.7. The quantitative estimate of drug-likeness (QED) is 0.0159. The van der Waals surface area contributed by atoms with Crippen molar-refractivity contribution < 1.29 is 57.1 Å². The molecule has 1 aliphatic rings. The van der Waals surface area contributed by atoms with Crippen molar-refractivity contribution >= 4 is 29.8 Å². The molecule has 12 heteroatoms. The molecule has 0 spiro atoms. The van der Waals surface area contributed by atoms with Gasteiger partial charge in [-0.05, 0) is 98.0 Å². The Kier molecular flexibility index (Phi) is 32.0. The summed E-state index contributed by atoms with van der Waals surface area (Å²) in [7, 11) is 0. The van der Waals surface area contributed by atoms with E-state index in [1.807, 2.05) is 24.3 Å². The Morgan fingerprint density at radius 2 is 0.741 bits per heavy atom. The van der Waals surface area contributed by atoms with Gasteiger partial charge < -0.3 is 33.2 Å². The van der Waals surface area contributed by atoms with Gasteiger partial charge in [-0.1, -0.05) is 246 Å². The molecule has 1 heterocycles. The van der Waals surface area contributed by atoms with Crippen molar-refractivity contribution in [2.45, 2.75) is 218 Å². The third kappa shape index (κ3) is 25.3. The highest BCUT2D eigenvalue weighted by Gasteiger charge is 2.54. The summed E-state index contributed by atoms with van der Waals surface area (Å²) in [5.41, 5.74) is 2.10. The van der Waals surface area contributed by atoms with E-state index in [1.54, 1.807) is 133 Å². The largest absolute Gasteiger partial charge is 0.459 e. The predicted molar refractivity (Wildman–Crippen MR) is 333 cm³/mol. The molecule has 5 aromatic carbocycles. The summed E-state index contributed by atoms with van der Waals surface area (Å²) in [6, 6.07) is 42.3. The summed E-state index contributed by atoms with van der Waals surface area (Å²) in [6.07, 6.45) is 23.6. The van der Waals surface area contributed by atoms with Gasteiger partial charge in [0.25, 0.3) is 0 Å². The molecule has 6 atom stereocenters. The lowest BCUT2D eigenvalue weighted by atomic mass is 9.97. The molecule has 85 heavy (non-hydrogen) atoms. The molecule has 5 aromatic rings. The van der Waals surface area contributed by atoms with Crippen LogP contribution in [-0.2, 0) is 33.2 Å². The van der Waals surface area contributed by atoms with Gasteiger partial charge in [0.05, 0.1) is 34.4 Å². The maximum absolute atomic E-state index is 14.4. The molecular weight excluding hydrogens is 1070 g/mol. The van der Waals surface area contributed by atoms with Crippen LogP contribution in [0.5, 0.6) is 0 Å². The Morgan fingerprint density at radius 1 is 0.400 bits per heavy atom. The molecule has 1 fully saturated rings. The Balaban J connectivity index is 1.31. The minimum Gasteiger partial charge on any atom is -0.459 e. The fourth-order valence-corrected chi connectivity index (χ4v) is 10.7. The van der Waals surface area contributed by atoms with Crippen molar-refractivity contribution in [3.63, 3.8) is 0 Å². The van der Waals surface area contributed by atoms with E-state index in [9.17, 15) is 24.0 Å². The van der Waals surface area contributed by atoms with E-state index in [0.717, 1.165) is 56.9 Å². The predicted octanol–water partition coefficient (Wildman–Crippen LogP) is 17.6. The lowest BCUT2D eigenvalue weighted by Gasteiger charge is -2.44. The van der Waals surface area contributed by atoms with Crippen molar-refractivity contribution in [3.05, 3.63) is 191 Å². The van der Waals surface area contributed by atoms with Crippen LogP contribution in [0.4, 0.5) is 0 Å². The van der Waals surface area contributed by atoms with Gasteiger partial charge in [-0.2, -0.15) is 0 Å². The second-order valence-corrected chi connectivity index (χ2v) is 22.5. The van der Waals surface area contributed by atoms with Gasteiger partial charge in [0.2, 0.25) is 0 Å². The van der Waals surface area contributed by atoms with E-state index in [1.165, 1.54) is 103 Å². The first-order valence-corrected chi connectivity index (χ1v) is 32.0. The third-order valence-corrected chi connectivity index (χ3v) is 15.6. The van der Waals surface area contributed by atoms with Gasteiger partial charge in [0.15, 0.2) is 24.6 Å². The molecule has 458 valence electrons. The molecule has 0 aromatic heterocycles. The van der Waals surface area contributed by atoms with Crippen LogP contribution in [-0.4, -0.2) is 79.9 Å². The number of hydrogen-bond acceptors (Lipinski definition) is 12. The molecule has 0 amide bonds. The second-order valence-electron chi connectivity index (χ2n) is 22.5. The van der Waals surface area contributed by atoms with Crippen LogP contribution in [0, 0.1) is 0 Å². The number of carbonyl (C=O) groups excluding carboxylic acids is 5. The normalized spacial score (nSPS) is 17.1. The lowest BCUT2D eigenvalue weighted by molar-refractivity contribution is -0.296. The first-order chi connectivity index (χ1) is 41.7. The van der Waals surface area contributed by atoms with E-state index in [-0.39, 0.29) is 28.9 Å². The number of carbonyl (C=O) groups is 5. The summed E-state index contributed by atoms with van der Waals surface area (Å²) in [5, 5.41) is 0. The van der Waals surface area contributed by atoms with Crippen LogP contribution >= 0.6 is 0 Å². The van der Waals surface area contributed by atoms with Crippen LogP contribution in [0.2, 0.25) is 0 Å².